The summed E-state index contributed by atoms with van der Waals surface area (Å²) in [4.78, 5) is 32.0. The number of ether oxygens (including phenoxy) is 4. The van der Waals surface area contributed by atoms with E-state index in [2.05, 4.69) is 0 Å². The van der Waals surface area contributed by atoms with Crippen LogP contribution in [-0.4, -0.2) is 59.1 Å². The van der Waals surface area contributed by atoms with Crippen molar-refractivity contribution in [2.45, 2.75) is 98.2 Å². The molecule has 2 aliphatic heterocycles. The third kappa shape index (κ3) is 7.92. The highest BCUT2D eigenvalue weighted by Crippen LogP contribution is 2.33. The Hall–Kier alpha value is -3.30. The fourth-order valence-corrected chi connectivity index (χ4v) is 4.95. The SMILES string of the molecule is Cc1nc2c(cc1COC1CCCCO1)CN(CC(=O)c1ccc(OCC(=O)OC(C)(C)C)c(C(C)(C)C)c1)C2=N. The number of benzene rings is 1. The Bertz CT molecular complexity index is 1300. The highest BCUT2D eigenvalue weighted by molar-refractivity contribution is 6.04. The van der Waals surface area contributed by atoms with Crippen molar-refractivity contribution in [2.24, 2.45) is 0 Å². The molecule has 0 spiro atoms. The predicted molar refractivity (Wildman–Crippen MR) is 155 cm³/mol. The molecule has 222 valence electrons. The number of Topliss-reactive ketones (excluding diaryl/α,β-unsaturated/α-hetero) is 1. The Balaban J connectivity index is 1.43. The van der Waals surface area contributed by atoms with Gasteiger partial charge in [-0.25, -0.2) is 9.78 Å². The van der Waals surface area contributed by atoms with Crippen molar-refractivity contribution in [2.75, 3.05) is 19.8 Å². The Morgan fingerprint density at radius 2 is 1.88 bits per heavy atom. The molecule has 1 unspecified atom stereocenters. The standard InChI is InChI=1S/C32H43N3O6/c1-20-23(18-40-28-10-8-9-13-38-28)14-22-16-35(30(33)29(22)34-20)17-25(36)21-11-12-26(24(15-21)31(2,3)4)39-19-27(37)41-32(5,6)7/h11-12,14-15,28,33H,8-10,13,16-19H2,1-7H3. The molecule has 0 saturated carbocycles. The first kappa shape index (κ1) is 30.7. The lowest BCUT2D eigenvalue weighted by atomic mass is 9.85. The number of nitrogens with zero attached hydrogens (tertiary/aromatic N) is 2. The van der Waals surface area contributed by atoms with Crippen LogP contribution in [0.15, 0.2) is 24.3 Å². The lowest BCUT2D eigenvalue weighted by Crippen LogP contribution is -2.30. The van der Waals surface area contributed by atoms with Crippen LogP contribution >= 0.6 is 0 Å². The van der Waals surface area contributed by atoms with E-state index in [0.29, 0.717) is 30.2 Å². The number of ketones is 1. The molecule has 1 N–H and O–H groups in total. The van der Waals surface area contributed by atoms with E-state index < -0.39 is 11.6 Å². The molecule has 2 aromatic rings. The average Bonchev–Trinajstić information content (AvgIpc) is 3.18. The van der Waals surface area contributed by atoms with E-state index in [-0.39, 0.29) is 36.5 Å². The van der Waals surface area contributed by atoms with E-state index >= 15 is 0 Å². The van der Waals surface area contributed by atoms with Crippen molar-refractivity contribution in [1.29, 1.82) is 5.41 Å². The number of rotatable bonds is 9. The Morgan fingerprint density at radius 1 is 1.12 bits per heavy atom. The Kier molecular flexibility index (Phi) is 9.19. The highest BCUT2D eigenvalue weighted by Gasteiger charge is 2.30. The number of hydrogen-bond donors (Lipinski definition) is 1. The molecule has 1 aromatic heterocycles. The van der Waals surface area contributed by atoms with Gasteiger partial charge < -0.3 is 23.8 Å². The first-order chi connectivity index (χ1) is 19.2. The molecule has 4 rings (SSSR count). The number of carbonyl (C=O) groups excluding carboxylic acids is 2. The molecular formula is C32H43N3O6. The molecule has 1 fully saturated rings. The molecule has 1 saturated heterocycles. The van der Waals surface area contributed by atoms with Crippen LogP contribution in [0.4, 0.5) is 0 Å². The van der Waals surface area contributed by atoms with E-state index in [0.717, 1.165) is 48.3 Å². The number of aromatic nitrogens is 1. The average molecular weight is 566 g/mol. The molecule has 9 heteroatoms. The summed E-state index contributed by atoms with van der Waals surface area (Å²) in [6.45, 7) is 14.8. The predicted octanol–water partition coefficient (Wildman–Crippen LogP) is 5.48. The summed E-state index contributed by atoms with van der Waals surface area (Å²) in [6.07, 6.45) is 2.88. The van der Waals surface area contributed by atoms with E-state index in [1.54, 1.807) is 17.0 Å². The quantitative estimate of drug-likeness (QED) is 0.315. The minimum absolute atomic E-state index is 0.0533. The Morgan fingerprint density at radius 3 is 2.54 bits per heavy atom. The number of fused-ring (bicyclic) bond motifs is 1. The lowest BCUT2D eigenvalue weighted by molar-refractivity contribution is -0.169. The number of pyridine rings is 1. The van der Waals surface area contributed by atoms with E-state index in [1.807, 2.05) is 60.6 Å². The normalized spacial score (nSPS) is 17.4. The minimum Gasteiger partial charge on any atom is -0.482 e. The van der Waals surface area contributed by atoms with Gasteiger partial charge in [0.25, 0.3) is 0 Å². The van der Waals surface area contributed by atoms with Crippen molar-refractivity contribution >= 4 is 17.6 Å². The maximum atomic E-state index is 13.4. The van der Waals surface area contributed by atoms with Crippen LogP contribution in [0.3, 0.4) is 0 Å². The van der Waals surface area contributed by atoms with E-state index in [1.165, 1.54) is 0 Å². The Labute approximate surface area is 243 Å². The summed E-state index contributed by atoms with van der Waals surface area (Å²) in [5.41, 5.74) is 3.71. The molecule has 1 atom stereocenters. The molecule has 41 heavy (non-hydrogen) atoms. The van der Waals surface area contributed by atoms with Gasteiger partial charge >= 0.3 is 5.97 Å². The maximum Gasteiger partial charge on any atom is 0.344 e. The summed E-state index contributed by atoms with van der Waals surface area (Å²) < 4.78 is 22.8. The molecule has 2 aliphatic rings. The summed E-state index contributed by atoms with van der Waals surface area (Å²) in [5.74, 6) is 0.217. The van der Waals surface area contributed by atoms with Crippen molar-refractivity contribution in [3.05, 3.63) is 57.9 Å². The van der Waals surface area contributed by atoms with Gasteiger partial charge in [0.2, 0.25) is 0 Å². The second-order valence-electron chi connectivity index (χ2n) is 12.8. The van der Waals surface area contributed by atoms with Gasteiger partial charge in [-0.3, -0.25) is 10.2 Å². The van der Waals surface area contributed by atoms with Crippen LogP contribution in [0, 0.1) is 12.3 Å². The van der Waals surface area contributed by atoms with Crippen molar-refractivity contribution in [1.82, 2.24) is 9.88 Å². The van der Waals surface area contributed by atoms with Gasteiger partial charge in [0.05, 0.1) is 13.2 Å². The molecule has 0 bridgehead atoms. The molecule has 0 radical (unpaired) electrons. The monoisotopic (exact) mass is 565 g/mol. The number of aryl methyl sites for hydroxylation is 1. The largest absolute Gasteiger partial charge is 0.482 e. The van der Waals surface area contributed by atoms with Crippen LogP contribution < -0.4 is 4.74 Å². The molecule has 9 nitrogen and oxygen atoms in total. The molecule has 3 heterocycles. The van der Waals surface area contributed by atoms with Crippen LogP contribution in [0.1, 0.15) is 99.2 Å². The zero-order valence-electron chi connectivity index (χ0n) is 25.4. The number of nitrogens with one attached hydrogen (secondary N) is 1. The van der Waals surface area contributed by atoms with Crippen LogP contribution in [-0.2, 0) is 37.6 Å². The fourth-order valence-electron chi connectivity index (χ4n) is 4.95. The zero-order chi connectivity index (χ0) is 29.9. The first-order valence-electron chi connectivity index (χ1n) is 14.3. The lowest BCUT2D eigenvalue weighted by Gasteiger charge is -2.25. The van der Waals surface area contributed by atoms with Gasteiger partial charge in [-0.05, 0) is 82.2 Å². The summed E-state index contributed by atoms with van der Waals surface area (Å²) in [6, 6.07) is 7.30. The van der Waals surface area contributed by atoms with Crippen molar-refractivity contribution < 1.29 is 28.5 Å². The van der Waals surface area contributed by atoms with E-state index in [9.17, 15) is 9.59 Å². The van der Waals surface area contributed by atoms with Gasteiger partial charge in [-0.2, -0.15) is 0 Å². The summed E-state index contributed by atoms with van der Waals surface area (Å²) >= 11 is 0. The number of amidine groups is 1. The topological polar surface area (TPSA) is 111 Å². The molecule has 0 amide bonds. The fraction of sp³-hybridized carbons (Fsp3) is 0.562. The maximum absolute atomic E-state index is 13.4. The molecule has 0 aliphatic carbocycles. The van der Waals surface area contributed by atoms with Crippen molar-refractivity contribution in [3.63, 3.8) is 0 Å². The number of hydrogen-bond acceptors (Lipinski definition) is 8. The van der Waals surface area contributed by atoms with Gasteiger partial charge in [-0.15, -0.1) is 0 Å². The third-order valence-corrected chi connectivity index (χ3v) is 7.07. The van der Waals surface area contributed by atoms with Gasteiger partial charge in [-0.1, -0.05) is 20.8 Å². The second-order valence-corrected chi connectivity index (χ2v) is 12.8. The number of carbonyl (C=O) groups is 2. The van der Waals surface area contributed by atoms with Gasteiger partial charge in [0, 0.05) is 35.5 Å². The van der Waals surface area contributed by atoms with Gasteiger partial charge in [0.15, 0.2) is 18.7 Å². The van der Waals surface area contributed by atoms with Crippen LogP contribution in [0.25, 0.3) is 0 Å². The molecule has 1 aromatic carbocycles. The smallest absolute Gasteiger partial charge is 0.344 e. The minimum atomic E-state index is -0.597. The van der Waals surface area contributed by atoms with Crippen LogP contribution in [0.5, 0.6) is 5.75 Å². The third-order valence-electron chi connectivity index (χ3n) is 7.07. The van der Waals surface area contributed by atoms with E-state index in [4.69, 9.17) is 29.3 Å². The number of esters is 1. The summed E-state index contributed by atoms with van der Waals surface area (Å²) in [7, 11) is 0. The van der Waals surface area contributed by atoms with Crippen LogP contribution in [0.2, 0.25) is 0 Å². The molecular weight excluding hydrogens is 522 g/mol. The van der Waals surface area contributed by atoms with Gasteiger partial charge in [0.1, 0.15) is 22.9 Å². The van der Waals surface area contributed by atoms with Crippen molar-refractivity contribution in [3.8, 4) is 5.75 Å². The first-order valence-corrected chi connectivity index (χ1v) is 14.3. The highest BCUT2D eigenvalue weighted by atomic mass is 16.7. The summed E-state index contributed by atoms with van der Waals surface area (Å²) in [5, 5.41) is 8.70. The zero-order valence-corrected chi connectivity index (χ0v) is 25.4. The second kappa shape index (κ2) is 12.3.